The first-order valence-corrected chi connectivity index (χ1v) is 8.65. The first kappa shape index (κ1) is 21.7. The fourth-order valence-electron chi connectivity index (χ4n) is 2.31. The number of carbonyl (C=O) groups is 3. The number of hydroxylamine groups is 2. The van der Waals surface area contributed by atoms with Gasteiger partial charge in [0.25, 0.3) is 5.91 Å². The van der Waals surface area contributed by atoms with Crippen LogP contribution >= 0.6 is 11.6 Å². The predicted molar refractivity (Wildman–Crippen MR) is 95.8 cm³/mol. The lowest BCUT2D eigenvalue weighted by Crippen LogP contribution is -2.46. The minimum Gasteiger partial charge on any atom is -0.495 e. The number of methoxy groups -OCH3 is 1. The summed E-state index contributed by atoms with van der Waals surface area (Å²) in [7, 11) is 1.43. The Morgan fingerprint density at radius 3 is 2.69 bits per heavy atom. The first-order chi connectivity index (χ1) is 12.4. The summed E-state index contributed by atoms with van der Waals surface area (Å²) in [5.74, 6) is -1.34. The summed E-state index contributed by atoms with van der Waals surface area (Å²) >= 11 is 5.91. The van der Waals surface area contributed by atoms with Crippen molar-refractivity contribution in [3.8, 4) is 5.75 Å². The molecule has 0 aromatic heterocycles. The van der Waals surface area contributed by atoms with E-state index in [4.69, 9.17) is 16.3 Å². The topological polar surface area (TPSA) is 108 Å². The standard InChI is InChI=1S/C17H24ClN3O5/c1-3-4-5-6-13(10-21(25)11-22)17(24)20-19-16(23)12-7-8-14(18)15(9-12)26-2/h7-9,11,13,25H,3-6,10H2,1-2H3,(H,19,23)(H,20,24)/t13-/m1/s1. The highest BCUT2D eigenvalue weighted by Gasteiger charge is 2.21. The number of unbranched alkanes of at least 4 members (excludes halogenated alkanes) is 2. The molecule has 0 saturated carbocycles. The number of hydrogen-bond donors (Lipinski definition) is 3. The third-order valence-corrected chi connectivity index (χ3v) is 4.08. The van der Waals surface area contributed by atoms with Crippen LogP contribution in [0.15, 0.2) is 18.2 Å². The molecule has 1 aromatic rings. The van der Waals surface area contributed by atoms with Crippen molar-refractivity contribution in [3.63, 3.8) is 0 Å². The number of benzene rings is 1. The van der Waals surface area contributed by atoms with Crippen LogP contribution in [0.4, 0.5) is 0 Å². The summed E-state index contributed by atoms with van der Waals surface area (Å²) in [6, 6.07) is 4.45. The van der Waals surface area contributed by atoms with E-state index in [9.17, 15) is 19.6 Å². The number of amides is 3. The molecule has 8 nitrogen and oxygen atoms in total. The van der Waals surface area contributed by atoms with Gasteiger partial charge in [0.15, 0.2) is 0 Å². The number of hydrazine groups is 1. The van der Waals surface area contributed by atoms with Crippen molar-refractivity contribution < 1.29 is 24.3 Å². The molecule has 0 spiro atoms. The molecular formula is C17H24ClN3O5. The van der Waals surface area contributed by atoms with Crippen LogP contribution < -0.4 is 15.6 Å². The van der Waals surface area contributed by atoms with Crippen LogP contribution in [0.1, 0.15) is 43.0 Å². The zero-order chi connectivity index (χ0) is 19.5. The molecule has 0 bridgehead atoms. The molecule has 0 radical (unpaired) electrons. The van der Waals surface area contributed by atoms with Crippen LogP contribution in [-0.4, -0.2) is 42.1 Å². The number of halogens is 1. The third-order valence-electron chi connectivity index (χ3n) is 3.77. The fourth-order valence-corrected chi connectivity index (χ4v) is 2.50. The molecule has 0 aliphatic carbocycles. The Morgan fingerprint density at radius 2 is 2.08 bits per heavy atom. The molecule has 1 aromatic carbocycles. The second kappa shape index (κ2) is 11.3. The van der Waals surface area contributed by atoms with E-state index in [1.54, 1.807) is 0 Å². The van der Waals surface area contributed by atoms with Crippen molar-refractivity contribution in [1.29, 1.82) is 0 Å². The number of ether oxygens (including phenoxy) is 1. The molecule has 1 atom stereocenters. The van der Waals surface area contributed by atoms with Gasteiger partial charge in [0.1, 0.15) is 5.75 Å². The molecule has 0 saturated heterocycles. The highest BCUT2D eigenvalue weighted by molar-refractivity contribution is 6.32. The van der Waals surface area contributed by atoms with Gasteiger partial charge in [0.05, 0.1) is 24.6 Å². The first-order valence-electron chi connectivity index (χ1n) is 8.27. The van der Waals surface area contributed by atoms with Gasteiger partial charge < -0.3 is 4.74 Å². The average molecular weight is 386 g/mol. The maximum atomic E-state index is 12.3. The lowest BCUT2D eigenvalue weighted by atomic mass is 10.0. The SMILES string of the molecule is CCCCC[C@H](CN(O)C=O)C(=O)NNC(=O)c1ccc(Cl)c(OC)c1. The molecular weight excluding hydrogens is 362 g/mol. The molecule has 9 heteroatoms. The Morgan fingerprint density at radius 1 is 1.35 bits per heavy atom. The van der Waals surface area contributed by atoms with E-state index in [1.807, 2.05) is 6.92 Å². The molecule has 0 unspecified atom stereocenters. The molecule has 3 N–H and O–H groups in total. The predicted octanol–water partition coefficient (Wildman–Crippen LogP) is 2.15. The maximum Gasteiger partial charge on any atom is 0.269 e. The van der Waals surface area contributed by atoms with Gasteiger partial charge in [0.2, 0.25) is 12.3 Å². The Kier molecular flexibility index (Phi) is 9.46. The van der Waals surface area contributed by atoms with Gasteiger partial charge >= 0.3 is 0 Å². The zero-order valence-electron chi connectivity index (χ0n) is 14.8. The van der Waals surface area contributed by atoms with E-state index in [1.165, 1.54) is 25.3 Å². The van der Waals surface area contributed by atoms with E-state index in [2.05, 4.69) is 10.9 Å². The summed E-state index contributed by atoms with van der Waals surface area (Å²) in [5.41, 5.74) is 4.88. The Hall–Kier alpha value is -2.32. The van der Waals surface area contributed by atoms with E-state index in [0.29, 0.717) is 22.3 Å². The van der Waals surface area contributed by atoms with Gasteiger partial charge in [-0.25, -0.2) is 5.06 Å². The molecule has 0 aliphatic heterocycles. The van der Waals surface area contributed by atoms with Gasteiger partial charge in [-0.05, 0) is 24.6 Å². The smallest absolute Gasteiger partial charge is 0.269 e. The molecule has 1 rings (SSSR count). The van der Waals surface area contributed by atoms with Crippen molar-refractivity contribution in [3.05, 3.63) is 28.8 Å². The quantitative estimate of drug-likeness (QED) is 0.247. The Balaban J connectivity index is 2.67. The number of hydrogen-bond acceptors (Lipinski definition) is 5. The fraction of sp³-hybridized carbons (Fsp3) is 0.471. The van der Waals surface area contributed by atoms with Crippen molar-refractivity contribution >= 4 is 29.8 Å². The number of rotatable bonds is 10. The highest BCUT2D eigenvalue weighted by atomic mass is 35.5. The van der Waals surface area contributed by atoms with Crippen molar-refractivity contribution in [2.45, 2.75) is 32.6 Å². The van der Waals surface area contributed by atoms with Crippen LogP contribution in [0.25, 0.3) is 0 Å². The van der Waals surface area contributed by atoms with Crippen molar-refractivity contribution in [2.75, 3.05) is 13.7 Å². The third kappa shape index (κ3) is 6.89. The van der Waals surface area contributed by atoms with Gasteiger partial charge in [-0.15, -0.1) is 0 Å². The van der Waals surface area contributed by atoms with E-state index < -0.39 is 17.7 Å². The Labute approximate surface area is 157 Å². The molecule has 0 heterocycles. The van der Waals surface area contributed by atoms with E-state index in [0.717, 1.165) is 19.3 Å². The molecule has 3 amide bonds. The van der Waals surface area contributed by atoms with Gasteiger partial charge in [-0.3, -0.25) is 30.4 Å². The molecule has 0 fully saturated rings. The summed E-state index contributed by atoms with van der Waals surface area (Å²) in [4.78, 5) is 35.0. The second-order valence-corrected chi connectivity index (χ2v) is 6.12. The number of carbonyl (C=O) groups excluding carboxylic acids is 3. The summed E-state index contributed by atoms with van der Waals surface area (Å²) in [5, 5.41) is 10.1. The minimum absolute atomic E-state index is 0.149. The summed E-state index contributed by atoms with van der Waals surface area (Å²) in [6.45, 7) is 1.88. The van der Waals surface area contributed by atoms with E-state index in [-0.39, 0.29) is 18.5 Å². The largest absolute Gasteiger partial charge is 0.495 e. The van der Waals surface area contributed by atoms with E-state index >= 15 is 0 Å². The zero-order valence-corrected chi connectivity index (χ0v) is 15.6. The van der Waals surface area contributed by atoms with Crippen molar-refractivity contribution in [2.24, 2.45) is 5.92 Å². The van der Waals surface area contributed by atoms with Crippen LogP contribution in [0.2, 0.25) is 5.02 Å². The number of nitrogens with zero attached hydrogens (tertiary/aromatic N) is 1. The molecule has 144 valence electrons. The van der Waals surface area contributed by atoms with Gasteiger partial charge in [-0.1, -0.05) is 37.8 Å². The molecule has 26 heavy (non-hydrogen) atoms. The molecule has 0 aliphatic rings. The van der Waals surface area contributed by atoms with Crippen LogP contribution in [0.3, 0.4) is 0 Å². The van der Waals surface area contributed by atoms with Crippen LogP contribution in [-0.2, 0) is 9.59 Å². The monoisotopic (exact) mass is 385 g/mol. The summed E-state index contributed by atoms with van der Waals surface area (Å²) in [6.07, 6.45) is 3.38. The lowest BCUT2D eigenvalue weighted by Gasteiger charge is -2.19. The summed E-state index contributed by atoms with van der Waals surface area (Å²) < 4.78 is 5.04. The van der Waals surface area contributed by atoms with Crippen LogP contribution in [0, 0.1) is 5.92 Å². The minimum atomic E-state index is -0.642. The number of nitrogens with one attached hydrogen (secondary N) is 2. The lowest BCUT2D eigenvalue weighted by molar-refractivity contribution is -0.154. The highest BCUT2D eigenvalue weighted by Crippen LogP contribution is 2.24. The van der Waals surface area contributed by atoms with Crippen molar-refractivity contribution in [1.82, 2.24) is 15.9 Å². The van der Waals surface area contributed by atoms with Gasteiger partial charge in [-0.2, -0.15) is 0 Å². The maximum absolute atomic E-state index is 12.3. The Bertz CT molecular complexity index is 626. The average Bonchev–Trinajstić information content (AvgIpc) is 2.65. The second-order valence-electron chi connectivity index (χ2n) is 5.71. The van der Waals surface area contributed by atoms with Gasteiger partial charge in [0, 0.05) is 5.56 Å². The van der Waals surface area contributed by atoms with Crippen LogP contribution in [0.5, 0.6) is 5.75 Å². The normalized spacial score (nSPS) is 11.4.